The third-order valence-corrected chi connectivity index (χ3v) is 7.54. The second-order valence-electron chi connectivity index (χ2n) is 6.93. The highest BCUT2D eigenvalue weighted by molar-refractivity contribution is 7.93. The van der Waals surface area contributed by atoms with Gasteiger partial charge in [-0.15, -0.1) is 0 Å². The molecule has 0 fully saturated rings. The number of rotatable bonds is 5. The number of hydrogen-bond acceptors (Lipinski definition) is 4. The Kier molecular flexibility index (Phi) is 6.09. The van der Waals surface area contributed by atoms with Crippen molar-refractivity contribution in [1.82, 2.24) is 0 Å². The number of anilines is 1. The molecule has 1 N–H and O–H groups in total. The summed E-state index contributed by atoms with van der Waals surface area (Å²) >= 11 is 0. The summed E-state index contributed by atoms with van der Waals surface area (Å²) in [6.45, 7) is 3.53. The van der Waals surface area contributed by atoms with Gasteiger partial charge in [-0.1, -0.05) is 48.0 Å². The fraction of sp³-hybridized carbons (Fsp3) is 0.136. The molecule has 1 unspecified atom stereocenters. The van der Waals surface area contributed by atoms with Gasteiger partial charge in [-0.25, -0.2) is 12.6 Å². The molecule has 1 atom stereocenters. The van der Waals surface area contributed by atoms with E-state index in [9.17, 15) is 17.4 Å². The highest BCUT2D eigenvalue weighted by atomic mass is 32.2. The molecule has 156 valence electrons. The first-order valence-electron chi connectivity index (χ1n) is 9.11. The Labute approximate surface area is 177 Å². The van der Waals surface area contributed by atoms with Gasteiger partial charge in [0, 0.05) is 11.2 Å². The van der Waals surface area contributed by atoms with Gasteiger partial charge in [0.25, 0.3) is 15.9 Å². The molecule has 30 heavy (non-hydrogen) atoms. The molecule has 3 aromatic carbocycles. The van der Waals surface area contributed by atoms with Crippen LogP contribution in [0.25, 0.3) is 0 Å². The highest BCUT2D eigenvalue weighted by Crippen LogP contribution is 2.25. The van der Waals surface area contributed by atoms with Crippen LogP contribution in [0.1, 0.15) is 21.5 Å². The SMILES string of the molecule is Cc1ccc(S(=O)(=O)Nc2cccc(C)c2C(=O)N=S(C)(=O)c2ccccc2)cc1. The lowest BCUT2D eigenvalue weighted by Crippen LogP contribution is -2.16. The van der Waals surface area contributed by atoms with Crippen molar-refractivity contribution in [3.05, 3.63) is 89.5 Å². The lowest BCUT2D eigenvalue weighted by atomic mass is 10.1. The number of nitrogens with zero attached hydrogens (tertiary/aromatic N) is 1. The molecule has 0 radical (unpaired) electrons. The van der Waals surface area contributed by atoms with Crippen LogP contribution in [0, 0.1) is 13.8 Å². The monoisotopic (exact) mass is 442 g/mol. The summed E-state index contributed by atoms with van der Waals surface area (Å²) in [5.74, 6) is -0.744. The van der Waals surface area contributed by atoms with Crippen LogP contribution in [0.5, 0.6) is 0 Å². The van der Waals surface area contributed by atoms with Crippen molar-refractivity contribution in [3.8, 4) is 0 Å². The fourth-order valence-electron chi connectivity index (χ4n) is 2.89. The van der Waals surface area contributed by atoms with Crippen molar-refractivity contribution < 1.29 is 17.4 Å². The summed E-state index contributed by atoms with van der Waals surface area (Å²) in [5, 5.41) is 0. The zero-order valence-corrected chi connectivity index (χ0v) is 18.5. The van der Waals surface area contributed by atoms with Crippen molar-refractivity contribution in [2.45, 2.75) is 23.6 Å². The molecule has 0 aliphatic heterocycles. The first-order valence-corrected chi connectivity index (χ1v) is 12.5. The average Bonchev–Trinajstić information content (AvgIpc) is 2.68. The zero-order chi connectivity index (χ0) is 21.9. The zero-order valence-electron chi connectivity index (χ0n) is 16.8. The largest absolute Gasteiger partial charge is 0.287 e. The minimum Gasteiger partial charge on any atom is -0.279 e. The molecule has 1 amide bonds. The van der Waals surface area contributed by atoms with E-state index >= 15 is 0 Å². The van der Waals surface area contributed by atoms with E-state index in [1.54, 1.807) is 61.5 Å². The second kappa shape index (κ2) is 8.41. The number of carbonyl (C=O) groups excluding carboxylic acids is 1. The van der Waals surface area contributed by atoms with E-state index in [1.807, 2.05) is 6.92 Å². The smallest absolute Gasteiger partial charge is 0.279 e. The van der Waals surface area contributed by atoms with Gasteiger partial charge >= 0.3 is 0 Å². The summed E-state index contributed by atoms with van der Waals surface area (Å²) in [4.78, 5) is 13.5. The Bertz CT molecular complexity index is 1310. The molecule has 0 spiro atoms. The molecule has 0 aromatic heterocycles. The summed E-state index contributed by atoms with van der Waals surface area (Å²) in [5.41, 5.74) is 1.61. The van der Waals surface area contributed by atoms with Gasteiger partial charge in [0.2, 0.25) is 0 Å². The summed E-state index contributed by atoms with van der Waals surface area (Å²) < 4.78 is 45.0. The van der Waals surface area contributed by atoms with Crippen LogP contribution in [-0.4, -0.2) is 24.8 Å². The molecule has 0 aliphatic carbocycles. The van der Waals surface area contributed by atoms with Gasteiger partial charge in [0.1, 0.15) is 0 Å². The molecule has 8 heteroatoms. The molecule has 0 saturated carbocycles. The maximum absolute atomic E-state index is 13.0. The van der Waals surface area contributed by atoms with Gasteiger partial charge in [-0.05, 0) is 49.7 Å². The van der Waals surface area contributed by atoms with E-state index < -0.39 is 25.7 Å². The van der Waals surface area contributed by atoms with Crippen LogP contribution >= 0.6 is 0 Å². The third-order valence-electron chi connectivity index (χ3n) is 4.50. The minimum atomic E-state index is -3.91. The topological polar surface area (TPSA) is 92.7 Å². The summed E-state index contributed by atoms with van der Waals surface area (Å²) in [6.07, 6.45) is 1.38. The highest BCUT2D eigenvalue weighted by Gasteiger charge is 2.21. The van der Waals surface area contributed by atoms with E-state index in [2.05, 4.69) is 9.08 Å². The first-order chi connectivity index (χ1) is 14.1. The number of aryl methyl sites for hydroxylation is 2. The van der Waals surface area contributed by atoms with E-state index in [0.717, 1.165) is 5.56 Å². The molecule has 0 saturated heterocycles. The lowest BCUT2D eigenvalue weighted by molar-refractivity contribution is 0.100. The standard InChI is InChI=1S/C22H22N2O4S2/c1-16-12-14-19(15-13-16)30(27,28)23-20-11-7-8-17(2)21(20)22(25)24-29(3,26)18-9-5-4-6-10-18/h4-15,23H,1-3H3. The van der Waals surface area contributed by atoms with Gasteiger partial charge in [0.05, 0.1) is 25.9 Å². The quantitative estimate of drug-likeness (QED) is 0.634. The second-order valence-corrected chi connectivity index (χ2v) is 10.9. The van der Waals surface area contributed by atoms with Crippen LogP contribution in [-0.2, 0) is 19.8 Å². The van der Waals surface area contributed by atoms with E-state index in [-0.39, 0.29) is 16.1 Å². The molecule has 0 heterocycles. The van der Waals surface area contributed by atoms with Crippen LogP contribution in [0.3, 0.4) is 0 Å². The van der Waals surface area contributed by atoms with Crippen molar-refractivity contribution >= 4 is 31.3 Å². The van der Waals surface area contributed by atoms with Gasteiger partial charge < -0.3 is 0 Å². The number of amides is 1. The van der Waals surface area contributed by atoms with Crippen molar-refractivity contribution in [3.63, 3.8) is 0 Å². The Hall–Kier alpha value is -2.97. The molecule has 3 aromatic rings. The number of nitrogens with one attached hydrogen (secondary N) is 1. The molecule has 0 bridgehead atoms. The first kappa shape index (κ1) is 21.7. The molecular formula is C22H22N2O4S2. The minimum absolute atomic E-state index is 0.0682. The predicted octanol–water partition coefficient (Wildman–Crippen LogP) is 4.40. The number of carbonyl (C=O) groups is 1. The Balaban J connectivity index is 2.03. The number of hydrogen-bond donors (Lipinski definition) is 1. The van der Waals surface area contributed by atoms with Crippen molar-refractivity contribution in [1.29, 1.82) is 0 Å². The Morgan fingerprint density at radius 1 is 0.800 bits per heavy atom. The van der Waals surface area contributed by atoms with E-state index in [1.165, 1.54) is 24.5 Å². The van der Waals surface area contributed by atoms with Crippen LogP contribution in [0.15, 0.2) is 87.0 Å². The lowest BCUT2D eigenvalue weighted by Gasteiger charge is -2.13. The van der Waals surface area contributed by atoms with E-state index in [0.29, 0.717) is 10.5 Å². The maximum Gasteiger partial charge on any atom is 0.287 e. The van der Waals surface area contributed by atoms with Crippen LogP contribution in [0.2, 0.25) is 0 Å². The molecule has 6 nitrogen and oxygen atoms in total. The third kappa shape index (κ3) is 4.77. The van der Waals surface area contributed by atoms with E-state index in [4.69, 9.17) is 0 Å². The van der Waals surface area contributed by atoms with Crippen LogP contribution < -0.4 is 4.72 Å². The van der Waals surface area contributed by atoms with Gasteiger partial charge in [0.15, 0.2) is 0 Å². The number of benzene rings is 3. The molecule has 0 aliphatic rings. The fourth-order valence-corrected chi connectivity index (χ4v) is 5.13. The van der Waals surface area contributed by atoms with Gasteiger partial charge in [-0.3, -0.25) is 9.52 Å². The van der Waals surface area contributed by atoms with Crippen molar-refractivity contribution in [2.75, 3.05) is 11.0 Å². The summed E-state index contributed by atoms with van der Waals surface area (Å²) in [7, 11) is -6.91. The number of sulfonamides is 1. The van der Waals surface area contributed by atoms with Crippen LogP contribution in [0.4, 0.5) is 5.69 Å². The summed E-state index contributed by atoms with van der Waals surface area (Å²) in [6, 6.07) is 19.7. The normalized spacial score (nSPS) is 13.3. The Morgan fingerprint density at radius 3 is 2.07 bits per heavy atom. The maximum atomic E-state index is 13.0. The Morgan fingerprint density at radius 2 is 1.43 bits per heavy atom. The average molecular weight is 443 g/mol. The van der Waals surface area contributed by atoms with Gasteiger partial charge in [-0.2, -0.15) is 4.36 Å². The molecule has 3 rings (SSSR count). The van der Waals surface area contributed by atoms with Crippen molar-refractivity contribution in [2.24, 2.45) is 4.36 Å². The molecular weight excluding hydrogens is 420 g/mol. The predicted molar refractivity (Wildman–Crippen MR) is 119 cm³/mol.